The second-order valence-corrected chi connectivity index (χ2v) is 2.74. The fraction of sp³-hybridized carbons (Fsp3) is 0.222. The van der Waals surface area contributed by atoms with Gasteiger partial charge in [0.25, 0.3) is 5.91 Å². The number of primary amides is 1. The lowest BCUT2D eigenvalue weighted by Gasteiger charge is -2.11. The van der Waals surface area contributed by atoms with Crippen LogP contribution in [0.4, 0.5) is 8.78 Å². The van der Waals surface area contributed by atoms with Crippen LogP contribution in [0.5, 0.6) is 5.75 Å². The Kier molecular flexibility index (Phi) is 3.01. The van der Waals surface area contributed by atoms with E-state index in [0.29, 0.717) is 6.07 Å². The highest BCUT2D eigenvalue weighted by molar-refractivity contribution is 5.78. The van der Waals surface area contributed by atoms with E-state index in [0.717, 1.165) is 12.1 Å². The molecular formula is C9H9F2NO2. The van der Waals surface area contributed by atoms with Crippen LogP contribution in [-0.4, -0.2) is 12.0 Å². The molecule has 0 aliphatic heterocycles. The topological polar surface area (TPSA) is 52.3 Å². The molecule has 76 valence electrons. The van der Waals surface area contributed by atoms with Crippen LogP contribution in [0.2, 0.25) is 0 Å². The molecule has 0 bridgehead atoms. The van der Waals surface area contributed by atoms with Crippen molar-refractivity contribution in [2.45, 2.75) is 13.0 Å². The maximum atomic E-state index is 13.0. The molecule has 1 amide bonds. The van der Waals surface area contributed by atoms with Gasteiger partial charge in [0, 0.05) is 6.07 Å². The molecule has 0 saturated heterocycles. The van der Waals surface area contributed by atoms with Crippen molar-refractivity contribution in [3.8, 4) is 5.75 Å². The van der Waals surface area contributed by atoms with Gasteiger partial charge in [0.05, 0.1) is 0 Å². The summed E-state index contributed by atoms with van der Waals surface area (Å²) in [5.74, 6) is -2.48. The van der Waals surface area contributed by atoms with E-state index in [1.807, 2.05) is 0 Å². The second-order valence-electron chi connectivity index (χ2n) is 2.74. The lowest BCUT2D eigenvalue weighted by molar-refractivity contribution is -0.124. The second kappa shape index (κ2) is 4.04. The van der Waals surface area contributed by atoms with Crippen molar-refractivity contribution in [3.63, 3.8) is 0 Å². The Bertz CT molecular complexity index is 355. The van der Waals surface area contributed by atoms with E-state index in [-0.39, 0.29) is 5.75 Å². The minimum Gasteiger partial charge on any atom is -0.478 e. The summed E-state index contributed by atoms with van der Waals surface area (Å²) in [6.07, 6.45) is -0.949. The van der Waals surface area contributed by atoms with Crippen molar-refractivity contribution < 1.29 is 18.3 Å². The summed E-state index contributed by atoms with van der Waals surface area (Å²) in [6, 6.07) is 2.80. The predicted molar refractivity (Wildman–Crippen MR) is 45.6 cm³/mol. The predicted octanol–water partition coefficient (Wildman–Crippen LogP) is 1.22. The summed E-state index contributed by atoms with van der Waals surface area (Å²) >= 11 is 0. The molecule has 0 saturated carbocycles. The third kappa shape index (κ3) is 2.42. The van der Waals surface area contributed by atoms with Gasteiger partial charge in [-0.2, -0.15) is 0 Å². The number of rotatable bonds is 3. The highest BCUT2D eigenvalue weighted by Gasteiger charge is 2.13. The van der Waals surface area contributed by atoms with Crippen molar-refractivity contribution in [2.24, 2.45) is 5.73 Å². The fourth-order valence-electron chi connectivity index (χ4n) is 0.819. The zero-order valence-corrected chi connectivity index (χ0v) is 7.46. The Labute approximate surface area is 79.5 Å². The molecule has 0 unspecified atom stereocenters. The van der Waals surface area contributed by atoms with E-state index in [9.17, 15) is 13.6 Å². The first-order chi connectivity index (χ1) is 6.50. The fourth-order valence-corrected chi connectivity index (χ4v) is 0.819. The van der Waals surface area contributed by atoms with E-state index in [1.54, 1.807) is 0 Å². The van der Waals surface area contributed by atoms with Crippen LogP contribution < -0.4 is 10.5 Å². The molecule has 0 spiro atoms. The summed E-state index contributed by atoms with van der Waals surface area (Å²) < 4.78 is 30.3. The maximum Gasteiger partial charge on any atom is 0.258 e. The van der Waals surface area contributed by atoms with E-state index < -0.39 is 23.6 Å². The van der Waals surface area contributed by atoms with Crippen molar-refractivity contribution in [2.75, 3.05) is 0 Å². The van der Waals surface area contributed by atoms with Crippen LogP contribution in [-0.2, 0) is 4.79 Å². The van der Waals surface area contributed by atoms with Crippen molar-refractivity contribution in [1.29, 1.82) is 0 Å². The Hall–Kier alpha value is -1.65. The van der Waals surface area contributed by atoms with E-state index in [4.69, 9.17) is 10.5 Å². The molecule has 0 aliphatic carbocycles. The van der Waals surface area contributed by atoms with Gasteiger partial charge in [0.15, 0.2) is 17.7 Å². The van der Waals surface area contributed by atoms with Gasteiger partial charge in [0.1, 0.15) is 5.82 Å². The third-order valence-electron chi connectivity index (χ3n) is 1.60. The number of hydrogen-bond acceptors (Lipinski definition) is 2. The van der Waals surface area contributed by atoms with Gasteiger partial charge in [-0.25, -0.2) is 8.78 Å². The molecule has 1 aromatic rings. The first kappa shape index (κ1) is 10.4. The zero-order valence-electron chi connectivity index (χ0n) is 7.46. The number of ether oxygens (including phenoxy) is 1. The minimum absolute atomic E-state index is 0.197. The number of benzene rings is 1. The highest BCUT2D eigenvalue weighted by atomic mass is 19.1. The standard InChI is InChI=1S/C9H9F2NO2/c1-5(9(12)13)14-8-3-2-6(10)4-7(8)11/h2-5H,1H3,(H2,12,13)/t5-/m1/s1. The smallest absolute Gasteiger partial charge is 0.258 e. The van der Waals surface area contributed by atoms with E-state index in [2.05, 4.69) is 0 Å². The Balaban J connectivity index is 2.82. The summed E-state index contributed by atoms with van der Waals surface area (Å²) in [5.41, 5.74) is 4.90. The molecule has 1 atom stereocenters. The minimum atomic E-state index is -0.949. The number of carbonyl (C=O) groups is 1. The molecule has 0 heterocycles. The Morgan fingerprint density at radius 3 is 2.64 bits per heavy atom. The molecular weight excluding hydrogens is 192 g/mol. The van der Waals surface area contributed by atoms with Crippen molar-refractivity contribution in [3.05, 3.63) is 29.8 Å². The van der Waals surface area contributed by atoms with Gasteiger partial charge < -0.3 is 10.5 Å². The third-order valence-corrected chi connectivity index (χ3v) is 1.60. The van der Waals surface area contributed by atoms with Gasteiger partial charge in [-0.15, -0.1) is 0 Å². The highest BCUT2D eigenvalue weighted by Crippen LogP contribution is 2.18. The Morgan fingerprint density at radius 1 is 1.50 bits per heavy atom. The van der Waals surface area contributed by atoms with Crippen molar-refractivity contribution in [1.82, 2.24) is 0 Å². The van der Waals surface area contributed by atoms with Crippen molar-refractivity contribution >= 4 is 5.91 Å². The zero-order chi connectivity index (χ0) is 10.7. The monoisotopic (exact) mass is 201 g/mol. The van der Waals surface area contributed by atoms with E-state index >= 15 is 0 Å². The number of halogens is 2. The van der Waals surface area contributed by atoms with Crippen LogP contribution in [0.3, 0.4) is 0 Å². The van der Waals surface area contributed by atoms with Crippen LogP contribution in [0.25, 0.3) is 0 Å². The number of carbonyl (C=O) groups excluding carboxylic acids is 1. The Morgan fingerprint density at radius 2 is 2.14 bits per heavy atom. The SMILES string of the molecule is C[C@@H](Oc1ccc(F)cc1F)C(N)=O. The lowest BCUT2D eigenvalue weighted by atomic mass is 10.3. The molecule has 14 heavy (non-hydrogen) atoms. The number of amides is 1. The van der Waals surface area contributed by atoms with Gasteiger partial charge in [-0.3, -0.25) is 4.79 Å². The van der Waals surface area contributed by atoms with Gasteiger partial charge >= 0.3 is 0 Å². The lowest BCUT2D eigenvalue weighted by Crippen LogP contribution is -2.30. The average Bonchev–Trinajstić information content (AvgIpc) is 2.09. The summed E-state index contributed by atoms with van der Waals surface area (Å²) in [4.78, 5) is 10.6. The summed E-state index contributed by atoms with van der Waals surface area (Å²) in [6.45, 7) is 1.38. The summed E-state index contributed by atoms with van der Waals surface area (Å²) in [5, 5.41) is 0. The summed E-state index contributed by atoms with van der Waals surface area (Å²) in [7, 11) is 0. The first-order valence-electron chi connectivity index (χ1n) is 3.91. The quantitative estimate of drug-likeness (QED) is 0.799. The van der Waals surface area contributed by atoms with Crippen LogP contribution >= 0.6 is 0 Å². The van der Waals surface area contributed by atoms with Gasteiger partial charge in [-0.1, -0.05) is 0 Å². The average molecular weight is 201 g/mol. The molecule has 0 aromatic heterocycles. The van der Waals surface area contributed by atoms with Gasteiger partial charge in [0.2, 0.25) is 0 Å². The molecule has 3 nitrogen and oxygen atoms in total. The van der Waals surface area contributed by atoms with Gasteiger partial charge in [-0.05, 0) is 19.1 Å². The van der Waals surface area contributed by atoms with Crippen LogP contribution in [0.1, 0.15) is 6.92 Å². The molecule has 2 N–H and O–H groups in total. The molecule has 1 rings (SSSR count). The molecule has 0 aliphatic rings. The molecule has 0 radical (unpaired) electrons. The van der Waals surface area contributed by atoms with Crippen LogP contribution in [0.15, 0.2) is 18.2 Å². The maximum absolute atomic E-state index is 13.0. The number of hydrogen-bond donors (Lipinski definition) is 1. The number of nitrogens with two attached hydrogens (primary N) is 1. The molecule has 0 fully saturated rings. The normalized spacial score (nSPS) is 12.2. The van der Waals surface area contributed by atoms with Crippen LogP contribution in [0, 0.1) is 11.6 Å². The largest absolute Gasteiger partial charge is 0.478 e. The molecule has 5 heteroatoms. The van der Waals surface area contributed by atoms with E-state index in [1.165, 1.54) is 6.92 Å². The first-order valence-corrected chi connectivity index (χ1v) is 3.91. The molecule has 1 aromatic carbocycles.